The molecule has 402 valence electrons. The van der Waals surface area contributed by atoms with Gasteiger partial charge in [-0.3, -0.25) is 14.4 Å². The Morgan fingerprint density at radius 2 is 0.543 bits per heavy atom. The zero-order chi connectivity index (χ0) is 50.7. The van der Waals surface area contributed by atoms with Crippen molar-refractivity contribution in [3.05, 3.63) is 85.1 Å². The number of hydrogen-bond donors (Lipinski definition) is 0. The Hall–Kier alpha value is -3.41. The average molecular weight is 976 g/mol. The summed E-state index contributed by atoms with van der Waals surface area (Å²) in [6, 6.07) is 0. The van der Waals surface area contributed by atoms with Crippen molar-refractivity contribution >= 4 is 17.9 Å². The van der Waals surface area contributed by atoms with Crippen LogP contribution in [0.25, 0.3) is 0 Å². The third kappa shape index (κ3) is 55.5. The molecular weight excluding hydrogens is 865 g/mol. The van der Waals surface area contributed by atoms with E-state index in [0.29, 0.717) is 19.3 Å². The summed E-state index contributed by atoms with van der Waals surface area (Å²) in [5.74, 6) is -0.917. The SMILES string of the molecule is CCC\C=C/C=C\C=C/C=C\C=C/CCCCCCCC(=O)OC(COC(=O)CCCCCCCC/C=C\C=C/CCCCC)COC(=O)CCCCCCCCCCCCCCCCCCCCC. The molecule has 1 unspecified atom stereocenters. The first-order valence-corrected chi connectivity index (χ1v) is 29.7. The maximum atomic E-state index is 12.9. The van der Waals surface area contributed by atoms with Crippen LogP contribution in [0.1, 0.15) is 284 Å². The van der Waals surface area contributed by atoms with E-state index >= 15 is 0 Å². The van der Waals surface area contributed by atoms with E-state index in [1.165, 1.54) is 154 Å². The van der Waals surface area contributed by atoms with Crippen LogP contribution in [-0.4, -0.2) is 37.2 Å². The van der Waals surface area contributed by atoms with Gasteiger partial charge in [-0.1, -0.05) is 286 Å². The van der Waals surface area contributed by atoms with Gasteiger partial charge >= 0.3 is 17.9 Å². The number of allylic oxidation sites excluding steroid dienone is 14. The van der Waals surface area contributed by atoms with E-state index in [4.69, 9.17) is 14.2 Å². The molecule has 6 nitrogen and oxygen atoms in total. The molecule has 1 atom stereocenters. The summed E-state index contributed by atoms with van der Waals surface area (Å²) in [6.45, 7) is 6.52. The number of esters is 3. The predicted octanol–water partition coefficient (Wildman–Crippen LogP) is 19.9. The van der Waals surface area contributed by atoms with Crippen LogP contribution in [0.2, 0.25) is 0 Å². The minimum absolute atomic E-state index is 0.0891. The molecule has 70 heavy (non-hydrogen) atoms. The maximum Gasteiger partial charge on any atom is 0.306 e. The first kappa shape index (κ1) is 66.6. The summed E-state index contributed by atoms with van der Waals surface area (Å²) in [7, 11) is 0. The number of carbonyl (C=O) groups excluding carboxylic acids is 3. The van der Waals surface area contributed by atoms with Gasteiger partial charge in [-0.15, -0.1) is 0 Å². The van der Waals surface area contributed by atoms with Crippen LogP contribution in [-0.2, 0) is 28.6 Å². The van der Waals surface area contributed by atoms with Gasteiger partial charge in [-0.05, 0) is 64.2 Å². The second kappa shape index (κ2) is 58.2. The molecule has 0 N–H and O–H groups in total. The van der Waals surface area contributed by atoms with Crippen LogP contribution in [0, 0.1) is 0 Å². The van der Waals surface area contributed by atoms with Gasteiger partial charge in [-0.2, -0.15) is 0 Å². The fourth-order valence-electron chi connectivity index (χ4n) is 8.29. The van der Waals surface area contributed by atoms with Crippen molar-refractivity contribution < 1.29 is 28.6 Å². The van der Waals surface area contributed by atoms with E-state index in [0.717, 1.165) is 89.9 Å². The summed E-state index contributed by atoms with van der Waals surface area (Å²) in [4.78, 5) is 38.2. The Labute approximate surface area is 433 Å². The molecular formula is C64H110O6. The van der Waals surface area contributed by atoms with Gasteiger partial charge < -0.3 is 14.2 Å². The Morgan fingerprint density at radius 1 is 0.286 bits per heavy atom. The number of rotatable bonds is 53. The van der Waals surface area contributed by atoms with Crippen LogP contribution >= 0.6 is 0 Å². The van der Waals surface area contributed by atoms with Crippen LogP contribution in [0.3, 0.4) is 0 Å². The quantitative estimate of drug-likeness (QED) is 0.0261. The van der Waals surface area contributed by atoms with Crippen LogP contribution < -0.4 is 0 Å². The zero-order valence-corrected chi connectivity index (χ0v) is 46.0. The van der Waals surface area contributed by atoms with Crippen molar-refractivity contribution in [3.8, 4) is 0 Å². The molecule has 6 heteroatoms. The summed E-state index contributed by atoms with van der Waals surface area (Å²) in [6.07, 6.45) is 75.7. The molecule has 0 aliphatic heterocycles. The molecule has 0 bridgehead atoms. The molecule has 0 aliphatic rings. The van der Waals surface area contributed by atoms with E-state index in [2.05, 4.69) is 81.5 Å². The standard InChI is InChI=1S/C64H110O6/c1-4-7-10-13-16-19-22-25-28-30-32-34-36-39-42-45-48-51-54-57-63(66)69-60-61(59-68-62(65)56-53-50-47-44-41-38-35-27-24-21-18-15-12-9-6-3)70-64(67)58-55-52-49-46-43-40-37-33-31-29-26-23-20-17-14-11-8-5-2/h11,14,17-18,20-21,23-24,26-27,29,31,33,37,61H,4-10,12-13,15-16,19,22,25,28,30,32,34-36,38-60H2,1-3H3/b14-11-,20-17-,21-18-,26-23-,27-24-,31-29-,37-33-. The lowest BCUT2D eigenvalue weighted by Gasteiger charge is -2.18. The van der Waals surface area contributed by atoms with Crippen LogP contribution in [0.15, 0.2) is 85.1 Å². The smallest absolute Gasteiger partial charge is 0.306 e. The van der Waals surface area contributed by atoms with Crippen molar-refractivity contribution in [2.45, 2.75) is 290 Å². The van der Waals surface area contributed by atoms with Crippen LogP contribution in [0.5, 0.6) is 0 Å². The predicted molar refractivity (Wildman–Crippen MR) is 302 cm³/mol. The van der Waals surface area contributed by atoms with E-state index in [1.54, 1.807) is 0 Å². The topological polar surface area (TPSA) is 78.9 Å². The largest absolute Gasteiger partial charge is 0.462 e. The molecule has 0 aromatic heterocycles. The van der Waals surface area contributed by atoms with Gasteiger partial charge in [0.05, 0.1) is 0 Å². The van der Waals surface area contributed by atoms with Gasteiger partial charge in [-0.25, -0.2) is 0 Å². The van der Waals surface area contributed by atoms with Crippen molar-refractivity contribution in [1.29, 1.82) is 0 Å². The van der Waals surface area contributed by atoms with E-state index < -0.39 is 6.10 Å². The molecule has 0 heterocycles. The highest BCUT2D eigenvalue weighted by molar-refractivity contribution is 5.71. The summed E-state index contributed by atoms with van der Waals surface area (Å²) < 4.78 is 16.9. The second-order valence-corrected chi connectivity index (χ2v) is 19.7. The summed E-state index contributed by atoms with van der Waals surface area (Å²) in [5, 5.41) is 0. The first-order chi connectivity index (χ1) is 34.5. The van der Waals surface area contributed by atoms with Gasteiger partial charge in [0.25, 0.3) is 0 Å². The Bertz CT molecular complexity index is 1350. The molecule has 0 amide bonds. The number of unbranched alkanes of at least 4 members (excludes halogenated alkanes) is 33. The second-order valence-electron chi connectivity index (χ2n) is 19.7. The highest BCUT2D eigenvalue weighted by Gasteiger charge is 2.19. The molecule has 0 saturated heterocycles. The number of ether oxygens (including phenoxy) is 3. The molecule has 0 rings (SSSR count). The highest BCUT2D eigenvalue weighted by atomic mass is 16.6. The van der Waals surface area contributed by atoms with Crippen molar-refractivity contribution in [3.63, 3.8) is 0 Å². The molecule has 0 radical (unpaired) electrons. The molecule has 0 spiro atoms. The summed E-state index contributed by atoms with van der Waals surface area (Å²) >= 11 is 0. The fraction of sp³-hybridized carbons (Fsp3) is 0.734. The van der Waals surface area contributed by atoms with Gasteiger partial charge in [0, 0.05) is 19.3 Å². The van der Waals surface area contributed by atoms with Gasteiger partial charge in [0.1, 0.15) is 13.2 Å². The fourth-order valence-corrected chi connectivity index (χ4v) is 8.29. The number of carbonyl (C=O) groups is 3. The van der Waals surface area contributed by atoms with Gasteiger partial charge in [0.2, 0.25) is 0 Å². The minimum Gasteiger partial charge on any atom is -0.462 e. The molecule has 0 saturated carbocycles. The average Bonchev–Trinajstić information content (AvgIpc) is 3.36. The highest BCUT2D eigenvalue weighted by Crippen LogP contribution is 2.16. The zero-order valence-electron chi connectivity index (χ0n) is 46.0. The molecule has 0 aromatic rings. The third-order valence-corrected chi connectivity index (χ3v) is 12.8. The summed E-state index contributed by atoms with van der Waals surface area (Å²) in [5.41, 5.74) is 0. The van der Waals surface area contributed by atoms with E-state index in [1.807, 2.05) is 24.3 Å². The van der Waals surface area contributed by atoms with E-state index in [-0.39, 0.29) is 31.1 Å². The Balaban J connectivity index is 4.43. The van der Waals surface area contributed by atoms with Crippen molar-refractivity contribution in [1.82, 2.24) is 0 Å². The van der Waals surface area contributed by atoms with Crippen molar-refractivity contribution in [2.24, 2.45) is 0 Å². The van der Waals surface area contributed by atoms with Crippen molar-refractivity contribution in [2.75, 3.05) is 13.2 Å². The third-order valence-electron chi connectivity index (χ3n) is 12.8. The molecule has 0 aliphatic carbocycles. The lowest BCUT2D eigenvalue weighted by atomic mass is 10.0. The lowest BCUT2D eigenvalue weighted by Crippen LogP contribution is -2.30. The lowest BCUT2D eigenvalue weighted by molar-refractivity contribution is -0.167. The first-order valence-electron chi connectivity index (χ1n) is 29.7. The van der Waals surface area contributed by atoms with Gasteiger partial charge in [0.15, 0.2) is 6.10 Å². The minimum atomic E-state index is -0.795. The monoisotopic (exact) mass is 975 g/mol. The Morgan fingerprint density at radius 3 is 0.900 bits per heavy atom. The van der Waals surface area contributed by atoms with Crippen LogP contribution in [0.4, 0.5) is 0 Å². The maximum absolute atomic E-state index is 12.9. The molecule has 0 aromatic carbocycles. The normalized spacial score (nSPS) is 12.7. The van der Waals surface area contributed by atoms with E-state index in [9.17, 15) is 14.4 Å². The molecule has 0 fully saturated rings. The Kier molecular flexibility index (Phi) is 55.3. The number of hydrogen-bond acceptors (Lipinski definition) is 6.